The van der Waals surface area contributed by atoms with Gasteiger partial charge in [0.15, 0.2) is 0 Å². The Kier molecular flexibility index (Phi) is 9.04. The van der Waals surface area contributed by atoms with Crippen molar-refractivity contribution < 1.29 is 14.3 Å². The third kappa shape index (κ3) is 6.82. The highest BCUT2D eigenvalue weighted by atomic mass is 16.5. The van der Waals surface area contributed by atoms with Gasteiger partial charge in [0.1, 0.15) is 12.3 Å². The largest absolute Gasteiger partial charge is 0.497 e. The molecule has 1 aliphatic carbocycles. The van der Waals surface area contributed by atoms with Crippen LogP contribution in [0.1, 0.15) is 56.4 Å². The Labute approximate surface area is 220 Å². The molecule has 1 atom stereocenters. The SMILES string of the molecule is CCC(C)N(CC(=O)N(Cc1ccccc1)Cc1cccn1Cc1cccc(OC)c1)C(=O)C1CCC1. The zero-order chi connectivity index (χ0) is 26.2. The third-order valence-corrected chi connectivity index (χ3v) is 7.50. The molecule has 3 aromatic rings. The molecule has 0 radical (unpaired) electrons. The number of nitrogens with zero attached hydrogens (tertiary/aromatic N) is 3. The van der Waals surface area contributed by atoms with Gasteiger partial charge in [-0.25, -0.2) is 0 Å². The Bertz CT molecular complexity index is 1170. The summed E-state index contributed by atoms with van der Waals surface area (Å²) < 4.78 is 7.56. The van der Waals surface area contributed by atoms with E-state index in [0.29, 0.717) is 19.6 Å². The van der Waals surface area contributed by atoms with Gasteiger partial charge in [-0.3, -0.25) is 9.59 Å². The number of hydrogen-bond acceptors (Lipinski definition) is 3. The molecular formula is C31H39N3O3. The van der Waals surface area contributed by atoms with Crippen LogP contribution < -0.4 is 4.74 Å². The van der Waals surface area contributed by atoms with Crippen molar-refractivity contribution in [3.63, 3.8) is 0 Å². The van der Waals surface area contributed by atoms with Crippen LogP contribution in [0.15, 0.2) is 72.9 Å². The monoisotopic (exact) mass is 501 g/mol. The lowest BCUT2D eigenvalue weighted by atomic mass is 9.84. The highest BCUT2D eigenvalue weighted by molar-refractivity contribution is 5.86. The molecule has 1 unspecified atom stereocenters. The molecule has 4 rings (SSSR count). The van der Waals surface area contributed by atoms with E-state index in [2.05, 4.69) is 23.6 Å². The number of carbonyl (C=O) groups excluding carboxylic acids is 2. The van der Waals surface area contributed by atoms with Gasteiger partial charge in [0.25, 0.3) is 0 Å². The Balaban J connectivity index is 1.54. The average Bonchev–Trinajstić information content (AvgIpc) is 3.32. The van der Waals surface area contributed by atoms with Gasteiger partial charge in [-0.1, -0.05) is 55.8 Å². The maximum atomic E-state index is 13.8. The molecule has 0 aliphatic heterocycles. The molecule has 0 saturated heterocycles. The summed E-state index contributed by atoms with van der Waals surface area (Å²) in [7, 11) is 1.67. The van der Waals surface area contributed by atoms with Crippen molar-refractivity contribution in [1.82, 2.24) is 14.4 Å². The summed E-state index contributed by atoms with van der Waals surface area (Å²) in [4.78, 5) is 30.7. The van der Waals surface area contributed by atoms with Crippen molar-refractivity contribution in [2.75, 3.05) is 13.7 Å². The second-order valence-electron chi connectivity index (χ2n) is 10.1. The van der Waals surface area contributed by atoms with Gasteiger partial charge in [-0.15, -0.1) is 0 Å². The highest BCUT2D eigenvalue weighted by Gasteiger charge is 2.33. The van der Waals surface area contributed by atoms with E-state index in [1.54, 1.807) is 7.11 Å². The van der Waals surface area contributed by atoms with Gasteiger partial charge in [-0.05, 0) is 61.6 Å². The number of ether oxygens (including phenoxy) is 1. The molecule has 37 heavy (non-hydrogen) atoms. The molecule has 196 valence electrons. The zero-order valence-electron chi connectivity index (χ0n) is 22.3. The second-order valence-corrected chi connectivity index (χ2v) is 10.1. The number of benzene rings is 2. The molecule has 0 N–H and O–H groups in total. The van der Waals surface area contributed by atoms with E-state index in [1.165, 1.54) is 0 Å². The van der Waals surface area contributed by atoms with Crippen LogP contribution >= 0.6 is 0 Å². The fourth-order valence-corrected chi connectivity index (χ4v) is 4.75. The first-order valence-electron chi connectivity index (χ1n) is 13.4. The molecule has 6 nitrogen and oxygen atoms in total. The molecule has 0 spiro atoms. The lowest BCUT2D eigenvalue weighted by Gasteiger charge is -2.36. The van der Waals surface area contributed by atoms with Gasteiger partial charge in [0.05, 0.1) is 13.7 Å². The number of hydrogen-bond donors (Lipinski definition) is 0. The van der Waals surface area contributed by atoms with Gasteiger partial charge >= 0.3 is 0 Å². The normalized spacial score (nSPS) is 14.0. The number of rotatable bonds is 12. The minimum Gasteiger partial charge on any atom is -0.497 e. The van der Waals surface area contributed by atoms with Crippen LogP contribution in [0.5, 0.6) is 5.75 Å². The van der Waals surface area contributed by atoms with E-state index < -0.39 is 0 Å². The summed E-state index contributed by atoms with van der Waals surface area (Å²) in [6.45, 7) is 5.89. The molecule has 2 amide bonds. The quantitative estimate of drug-likeness (QED) is 0.329. The smallest absolute Gasteiger partial charge is 0.242 e. The first kappa shape index (κ1) is 26.5. The van der Waals surface area contributed by atoms with E-state index in [1.807, 2.05) is 77.5 Å². The Hall–Kier alpha value is -3.54. The van der Waals surface area contributed by atoms with Crippen LogP contribution in [0.25, 0.3) is 0 Å². The maximum Gasteiger partial charge on any atom is 0.242 e. The Morgan fingerprint density at radius 3 is 2.43 bits per heavy atom. The van der Waals surface area contributed by atoms with Gasteiger partial charge in [-0.2, -0.15) is 0 Å². The molecule has 1 saturated carbocycles. The van der Waals surface area contributed by atoms with Gasteiger partial charge < -0.3 is 19.1 Å². The van der Waals surface area contributed by atoms with Crippen molar-refractivity contribution in [3.8, 4) is 5.75 Å². The molecule has 6 heteroatoms. The van der Waals surface area contributed by atoms with Crippen LogP contribution in [0, 0.1) is 5.92 Å². The zero-order valence-corrected chi connectivity index (χ0v) is 22.3. The number of amides is 2. The summed E-state index contributed by atoms with van der Waals surface area (Å²) in [6, 6.07) is 22.2. The maximum absolute atomic E-state index is 13.8. The molecule has 0 bridgehead atoms. The average molecular weight is 502 g/mol. The van der Waals surface area contributed by atoms with E-state index >= 15 is 0 Å². The number of aromatic nitrogens is 1. The minimum atomic E-state index is -0.0223. The van der Waals surface area contributed by atoms with Crippen LogP contribution in [0.2, 0.25) is 0 Å². The lowest BCUT2D eigenvalue weighted by molar-refractivity contribution is -0.147. The number of methoxy groups -OCH3 is 1. The lowest BCUT2D eigenvalue weighted by Crippen LogP contribution is -2.49. The summed E-state index contributed by atoms with van der Waals surface area (Å²) >= 11 is 0. The first-order chi connectivity index (χ1) is 18.0. The van der Waals surface area contributed by atoms with E-state index in [9.17, 15) is 9.59 Å². The van der Waals surface area contributed by atoms with Crippen molar-refractivity contribution in [1.29, 1.82) is 0 Å². The summed E-state index contributed by atoms with van der Waals surface area (Å²) in [6.07, 6.45) is 5.85. The molecule has 2 aromatic carbocycles. The standard InChI is InChI=1S/C31H39N3O3/c1-4-24(2)34(31(36)27-14-9-15-27)23-30(35)33(20-25-11-6-5-7-12-25)22-28-16-10-18-32(28)21-26-13-8-17-29(19-26)37-3/h5-8,10-13,16-19,24,27H,4,9,14-15,20-23H2,1-3H3. The van der Waals surface area contributed by atoms with Gasteiger partial charge in [0.2, 0.25) is 11.8 Å². The summed E-state index contributed by atoms with van der Waals surface area (Å²) in [5.74, 6) is 1.01. The van der Waals surface area contributed by atoms with Crippen molar-refractivity contribution in [2.45, 2.75) is 65.2 Å². The minimum absolute atomic E-state index is 0.0223. The fraction of sp³-hybridized carbons (Fsp3) is 0.419. The van der Waals surface area contributed by atoms with Crippen molar-refractivity contribution in [2.24, 2.45) is 5.92 Å². The summed E-state index contributed by atoms with van der Waals surface area (Å²) in [5, 5.41) is 0. The molecule has 1 aliphatic rings. The fourth-order valence-electron chi connectivity index (χ4n) is 4.75. The van der Waals surface area contributed by atoms with E-state index in [0.717, 1.165) is 48.3 Å². The molecule has 1 fully saturated rings. The predicted molar refractivity (Wildman–Crippen MR) is 146 cm³/mol. The van der Waals surface area contributed by atoms with E-state index in [-0.39, 0.29) is 30.3 Å². The predicted octanol–water partition coefficient (Wildman–Crippen LogP) is 5.50. The first-order valence-corrected chi connectivity index (χ1v) is 13.4. The number of carbonyl (C=O) groups is 2. The summed E-state index contributed by atoms with van der Waals surface area (Å²) in [5.41, 5.74) is 3.25. The highest BCUT2D eigenvalue weighted by Crippen LogP contribution is 2.29. The molecule has 1 aromatic heterocycles. The van der Waals surface area contributed by atoms with Crippen molar-refractivity contribution >= 4 is 11.8 Å². The van der Waals surface area contributed by atoms with Crippen LogP contribution in [-0.4, -0.2) is 45.9 Å². The Morgan fingerprint density at radius 1 is 1.00 bits per heavy atom. The third-order valence-electron chi connectivity index (χ3n) is 7.50. The van der Waals surface area contributed by atoms with Gasteiger partial charge in [0, 0.05) is 36.9 Å². The van der Waals surface area contributed by atoms with Crippen LogP contribution in [0.4, 0.5) is 0 Å². The van der Waals surface area contributed by atoms with Crippen LogP contribution in [-0.2, 0) is 29.2 Å². The second kappa shape index (κ2) is 12.6. The topological polar surface area (TPSA) is 54.8 Å². The van der Waals surface area contributed by atoms with E-state index in [4.69, 9.17) is 4.74 Å². The molecular weight excluding hydrogens is 462 g/mol. The molecule has 1 heterocycles. The Morgan fingerprint density at radius 2 is 1.76 bits per heavy atom. The van der Waals surface area contributed by atoms with Crippen molar-refractivity contribution in [3.05, 3.63) is 89.7 Å². The van der Waals surface area contributed by atoms with Crippen LogP contribution in [0.3, 0.4) is 0 Å².